The van der Waals surface area contributed by atoms with E-state index in [0.29, 0.717) is 5.56 Å². The zero-order chi connectivity index (χ0) is 16.9. The molecule has 0 radical (unpaired) electrons. The van der Waals surface area contributed by atoms with E-state index < -0.39 is 0 Å². The summed E-state index contributed by atoms with van der Waals surface area (Å²) in [6.07, 6.45) is 1.74. The Morgan fingerprint density at radius 3 is 2.21 bits per heavy atom. The normalized spacial score (nSPS) is 11.8. The molecule has 3 aromatic rings. The van der Waals surface area contributed by atoms with Crippen LogP contribution >= 0.6 is 0 Å². The molecule has 24 heavy (non-hydrogen) atoms. The van der Waals surface area contributed by atoms with Crippen LogP contribution in [0.1, 0.15) is 38.8 Å². The first-order valence-electron chi connectivity index (χ1n) is 7.98. The summed E-state index contributed by atoms with van der Waals surface area (Å²) in [4.78, 5) is 17.2. The molecule has 0 aliphatic rings. The maximum atomic E-state index is 12.8. The summed E-state index contributed by atoms with van der Waals surface area (Å²) in [6, 6.07) is 21.2. The lowest BCUT2D eigenvalue weighted by atomic mass is 10.0. The summed E-state index contributed by atoms with van der Waals surface area (Å²) in [6.45, 7) is 3.99. The van der Waals surface area contributed by atoms with Gasteiger partial charge in [-0.2, -0.15) is 0 Å². The Bertz CT molecular complexity index is 769. The Hall–Kier alpha value is -2.94. The first kappa shape index (κ1) is 15.9. The van der Waals surface area contributed by atoms with Crippen LogP contribution in [0.3, 0.4) is 0 Å². The second kappa shape index (κ2) is 7.09. The van der Waals surface area contributed by atoms with E-state index in [2.05, 4.69) is 16.4 Å². The molecule has 0 bridgehead atoms. The molecule has 3 heteroatoms. The van der Waals surface area contributed by atoms with Gasteiger partial charge in [-0.05, 0) is 43.7 Å². The van der Waals surface area contributed by atoms with Crippen LogP contribution in [0.15, 0.2) is 72.9 Å². The third-order valence-corrected chi connectivity index (χ3v) is 3.88. The number of hydrogen-bond donors (Lipinski definition) is 1. The molecule has 0 fully saturated rings. The van der Waals surface area contributed by atoms with Gasteiger partial charge in [-0.15, -0.1) is 0 Å². The lowest BCUT2D eigenvalue weighted by Gasteiger charge is -2.19. The summed E-state index contributed by atoms with van der Waals surface area (Å²) in [5.41, 5.74) is 4.66. The van der Waals surface area contributed by atoms with Crippen LogP contribution in [0.2, 0.25) is 0 Å². The van der Waals surface area contributed by atoms with Crippen molar-refractivity contribution in [2.75, 3.05) is 0 Å². The van der Waals surface area contributed by atoms with Crippen molar-refractivity contribution in [3.8, 4) is 0 Å². The van der Waals surface area contributed by atoms with Crippen LogP contribution < -0.4 is 5.32 Å². The van der Waals surface area contributed by atoms with Crippen molar-refractivity contribution < 1.29 is 4.79 Å². The van der Waals surface area contributed by atoms with Gasteiger partial charge in [0, 0.05) is 11.8 Å². The third kappa shape index (κ3) is 3.69. The number of aromatic nitrogens is 1. The number of aryl methyl sites for hydroxylation is 2. The molecule has 1 N–H and O–H groups in total. The molecule has 1 amide bonds. The number of pyridine rings is 1. The minimum absolute atomic E-state index is 0.0960. The van der Waals surface area contributed by atoms with Crippen molar-refractivity contribution in [3.63, 3.8) is 0 Å². The Balaban J connectivity index is 1.93. The van der Waals surface area contributed by atoms with E-state index in [0.717, 1.165) is 22.4 Å². The van der Waals surface area contributed by atoms with Gasteiger partial charge in [-0.1, -0.05) is 53.6 Å². The molecular formula is C21H20N2O. The lowest BCUT2D eigenvalue weighted by Crippen LogP contribution is -2.30. The fraction of sp³-hybridized carbons (Fsp3) is 0.143. The van der Waals surface area contributed by atoms with Crippen molar-refractivity contribution in [3.05, 3.63) is 101 Å². The van der Waals surface area contributed by atoms with Gasteiger partial charge >= 0.3 is 0 Å². The fourth-order valence-corrected chi connectivity index (χ4v) is 2.84. The molecule has 120 valence electrons. The highest BCUT2D eigenvalue weighted by atomic mass is 16.1. The molecular weight excluding hydrogens is 296 g/mol. The number of hydrogen-bond acceptors (Lipinski definition) is 2. The van der Waals surface area contributed by atoms with Crippen LogP contribution in [-0.4, -0.2) is 10.9 Å². The van der Waals surface area contributed by atoms with Crippen LogP contribution in [0, 0.1) is 13.8 Å². The standard InChI is InChI=1S/C21H20N2O/c1-15-12-16(2)14-18(13-15)21(24)23-20(17-8-4-3-5-9-17)19-10-6-7-11-22-19/h3-14,20H,1-2H3,(H,23,24)/t20-/m1/s1. The Morgan fingerprint density at radius 1 is 0.917 bits per heavy atom. The first-order valence-corrected chi connectivity index (χ1v) is 7.98. The second-order valence-electron chi connectivity index (χ2n) is 5.95. The minimum atomic E-state index is -0.277. The first-order chi connectivity index (χ1) is 11.6. The topological polar surface area (TPSA) is 42.0 Å². The van der Waals surface area contributed by atoms with Gasteiger partial charge in [0.25, 0.3) is 5.91 Å². The molecule has 0 aliphatic heterocycles. The van der Waals surface area contributed by atoms with Crippen LogP contribution in [-0.2, 0) is 0 Å². The van der Waals surface area contributed by atoms with Crippen molar-refractivity contribution >= 4 is 5.91 Å². The summed E-state index contributed by atoms with van der Waals surface area (Å²) in [7, 11) is 0. The van der Waals surface area contributed by atoms with E-state index in [1.54, 1.807) is 6.20 Å². The molecule has 1 atom stereocenters. The number of amides is 1. The van der Waals surface area contributed by atoms with Gasteiger partial charge in [0.15, 0.2) is 0 Å². The molecule has 1 heterocycles. The molecule has 0 spiro atoms. The number of nitrogens with one attached hydrogen (secondary N) is 1. The highest BCUT2D eigenvalue weighted by Crippen LogP contribution is 2.21. The van der Waals surface area contributed by atoms with Crippen molar-refractivity contribution in [1.82, 2.24) is 10.3 Å². The molecule has 1 aromatic heterocycles. The number of carbonyl (C=O) groups is 1. The van der Waals surface area contributed by atoms with Crippen LogP contribution in [0.4, 0.5) is 0 Å². The number of benzene rings is 2. The maximum Gasteiger partial charge on any atom is 0.252 e. The molecule has 3 rings (SSSR count). The number of nitrogens with zero attached hydrogens (tertiary/aromatic N) is 1. The summed E-state index contributed by atoms with van der Waals surface area (Å²) in [5.74, 6) is -0.0960. The monoisotopic (exact) mass is 316 g/mol. The minimum Gasteiger partial charge on any atom is -0.340 e. The average Bonchev–Trinajstić information content (AvgIpc) is 2.60. The molecule has 2 aromatic carbocycles. The fourth-order valence-electron chi connectivity index (χ4n) is 2.84. The molecule has 3 nitrogen and oxygen atoms in total. The lowest BCUT2D eigenvalue weighted by molar-refractivity contribution is 0.0942. The highest BCUT2D eigenvalue weighted by Gasteiger charge is 2.19. The van der Waals surface area contributed by atoms with Crippen LogP contribution in [0.25, 0.3) is 0 Å². The van der Waals surface area contributed by atoms with Gasteiger partial charge in [0.2, 0.25) is 0 Å². The van der Waals surface area contributed by atoms with E-state index in [4.69, 9.17) is 0 Å². The molecule has 0 saturated heterocycles. The summed E-state index contributed by atoms with van der Waals surface area (Å²) in [5, 5.41) is 3.12. The predicted octanol–water partition coefficient (Wildman–Crippen LogP) is 4.22. The number of rotatable bonds is 4. The Kier molecular flexibility index (Phi) is 4.71. The second-order valence-corrected chi connectivity index (χ2v) is 5.95. The van der Waals surface area contributed by atoms with Crippen molar-refractivity contribution in [1.29, 1.82) is 0 Å². The van der Waals surface area contributed by atoms with E-state index in [1.807, 2.05) is 74.5 Å². The van der Waals surface area contributed by atoms with Crippen molar-refractivity contribution in [2.24, 2.45) is 0 Å². The zero-order valence-electron chi connectivity index (χ0n) is 13.9. The van der Waals surface area contributed by atoms with Gasteiger partial charge in [-0.25, -0.2) is 0 Å². The zero-order valence-corrected chi connectivity index (χ0v) is 13.9. The smallest absolute Gasteiger partial charge is 0.252 e. The number of carbonyl (C=O) groups excluding carboxylic acids is 1. The van der Waals surface area contributed by atoms with E-state index >= 15 is 0 Å². The van der Waals surface area contributed by atoms with Gasteiger partial charge < -0.3 is 5.32 Å². The van der Waals surface area contributed by atoms with Gasteiger partial charge in [0.1, 0.15) is 0 Å². The SMILES string of the molecule is Cc1cc(C)cc(C(=O)N[C@H](c2ccccc2)c2ccccn2)c1. The van der Waals surface area contributed by atoms with E-state index in [1.165, 1.54) is 0 Å². The average molecular weight is 316 g/mol. The Labute approximate surface area is 142 Å². The highest BCUT2D eigenvalue weighted by molar-refractivity contribution is 5.95. The molecule has 0 unspecified atom stereocenters. The van der Waals surface area contributed by atoms with E-state index in [-0.39, 0.29) is 11.9 Å². The quantitative estimate of drug-likeness (QED) is 0.783. The largest absolute Gasteiger partial charge is 0.340 e. The van der Waals surface area contributed by atoms with Crippen LogP contribution in [0.5, 0.6) is 0 Å². The predicted molar refractivity (Wildman–Crippen MR) is 95.9 cm³/mol. The van der Waals surface area contributed by atoms with Crippen molar-refractivity contribution in [2.45, 2.75) is 19.9 Å². The molecule has 0 saturated carbocycles. The summed E-state index contributed by atoms with van der Waals surface area (Å²) < 4.78 is 0. The molecule has 0 aliphatic carbocycles. The maximum absolute atomic E-state index is 12.8. The Morgan fingerprint density at radius 2 is 1.58 bits per heavy atom. The van der Waals surface area contributed by atoms with Gasteiger partial charge in [-0.3, -0.25) is 9.78 Å². The summed E-state index contributed by atoms with van der Waals surface area (Å²) >= 11 is 0. The van der Waals surface area contributed by atoms with Gasteiger partial charge in [0.05, 0.1) is 11.7 Å². The third-order valence-electron chi connectivity index (χ3n) is 3.88. The van der Waals surface area contributed by atoms with E-state index in [9.17, 15) is 4.79 Å².